The number of fused-ring (bicyclic) bond motifs is 2. The highest BCUT2D eigenvalue weighted by Crippen LogP contribution is 2.37. The second kappa shape index (κ2) is 8.29. The van der Waals surface area contributed by atoms with Gasteiger partial charge in [-0.25, -0.2) is 4.98 Å². The summed E-state index contributed by atoms with van der Waals surface area (Å²) in [6, 6.07) is 11.1. The number of anilines is 1. The Hall–Kier alpha value is -2.44. The van der Waals surface area contributed by atoms with E-state index in [2.05, 4.69) is 15.2 Å². The number of para-hydroxylation sites is 1. The lowest BCUT2D eigenvalue weighted by Crippen LogP contribution is -2.16. The minimum atomic E-state index is -0.330. The summed E-state index contributed by atoms with van der Waals surface area (Å²) in [7, 11) is 4.07. The largest absolute Gasteiger partial charge is 0.384 e. The van der Waals surface area contributed by atoms with Gasteiger partial charge in [0.25, 0.3) is 5.69 Å². The van der Waals surface area contributed by atoms with E-state index in [4.69, 9.17) is 0 Å². The van der Waals surface area contributed by atoms with Crippen LogP contribution in [-0.4, -0.2) is 42.0 Å². The molecular weight excluding hydrogens is 352 g/mol. The molecule has 0 aliphatic carbocycles. The fraction of sp³-hybridized carbons (Fsp3) is 0.316. The molecule has 0 aliphatic rings. The SMILES string of the molecule is Cc1ccc([N+](=O)[O-])c2c(NCCCN(C)C)c3ccccc3nc12.Cl. The zero-order valence-corrected chi connectivity index (χ0v) is 16.0. The van der Waals surface area contributed by atoms with Crippen molar-refractivity contribution in [3.8, 4) is 0 Å². The number of nitro groups is 1. The predicted molar refractivity (Wildman–Crippen MR) is 110 cm³/mol. The molecule has 0 unspecified atom stereocenters. The third-order valence-electron chi connectivity index (χ3n) is 4.29. The minimum absolute atomic E-state index is 0. The molecule has 6 nitrogen and oxygen atoms in total. The highest BCUT2D eigenvalue weighted by atomic mass is 35.5. The maximum Gasteiger partial charge on any atom is 0.280 e. The third kappa shape index (κ3) is 3.86. The molecule has 1 aromatic heterocycles. The average Bonchev–Trinajstić information content (AvgIpc) is 2.58. The zero-order chi connectivity index (χ0) is 18.0. The van der Waals surface area contributed by atoms with Gasteiger partial charge >= 0.3 is 0 Å². The average molecular weight is 375 g/mol. The Balaban J connectivity index is 0.00000243. The number of pyridine rings is 1. The van der Waals surface area contributed by atoms with Gasteiger partial charge in [0.2, 0.25) is 0 Å². The summed E-state index contributed by atoms with van der Waals surface area (Å²) in [6.07, 6.45) is 0.949. The molecule has 0 aliphatic heterocycles. The maximum absolute atomic E-state index is 11.6. The van der Waals surface area contributed by atoms with Crippen LogP contribution in [0.4, 0.5) is 11.4 Å². The van der Waals surface area contributed by atoms with E-state index < -0.39 is 0 Å². The summed E-state index contributed by atoms with van der Waals surface area (Å²) in [5.41, 5.74) is 3.35. The van der Waals surface area contributed by atoms with Crippen molar-refractivity contribution in [2.75, 3.05) is 32.5 Å². The number of non-ortho nitro benzene ring substituents is 1. The zero-order valence-electron chi connectivity index (χ0n) is 15.2. The first-order chi connectivity index (χ1) is 12.0. The lowest BCUT2D eigenvalue weighted by atomic mass is 10.0. The molecule has 0 saturated carbocycles. The van der Waals surface area contributed by atoms with E-state index >= 15 is 0 Å². The number of hydrogen-bond donors (Lipinski definition) is 1. The summed E-state index contributed by atoms with van der Waals surface area (Å²) >= 11 is 0. The Labute approximate surface area is 158 Å². The topological polar surface area (TPSA) is 71.3 Å². The van der Waals surface area contributed by atoms with Crippen molar-refractivity contribution in [3.05, 3.63) is 52.1 Å². The van der Waals surface area contributed by atoms with Crippen molar-refractivity contribution in [2.24, 2.45) is 0 Å². The molecule has 3 aromatic rings. The van der Waals surface area contributed by atoms with E-state index in [-0.39, 0.29) is 23.0 Å². The van der Waals surface area contributed by atoms with Crippen molar-refractivity contribution in [1.29, 1.82) is 0 Å². The van der Waals surface area contributed by atoms with Crippen LogP contribution in [0.1, 0.15) is 12.0 Å². The molecule has 138 valence electrons. The Bertz CT molecular complexity index is 944. The number of rotatable bonds is 6. The number of halogens is 1. The van der Waals surface area contributed by atoms with E-state index in [0.29, 0.717) is 10.9 Å². The Morgan fingerprint density at radius 1 is 1.19 bits per heavy atom. The second-order valence-electron chi connectivity index (χ2n) is 6.47. The molecule has 0 radical (unpaired) electrons. The van der Waals surface area contributed by atoms with Gasteiger partial charge in [-0.3, -0.25) is 10.1 Å². The highest BCUT2D eigenvalue weighted by Gasteiger charge is 2.20. The molecular formula is C19H23ClN4O2. The van der Waals surface area contributed by atoms with Gasteiger partial charge in [0.05, 0.1) is 21.6 Å². The quantitative estimate of drug-likeness (QED) is 0.300. The van der Waals surface area contributed by atoms with E-state index in [0.717, 1.165) is 41.7 Å². The molecule has 0 fully saturated rings. The van der Waals surface area contributed by atoms with E-state index in [1.54, 1.807) is 12.1 Å². The monoisotopic (exact) mass is 374 g/mol. The van der Waals surface area contributed by atoms with Crippen LogP contribution >= 0.6 is 12.4 Å². The number of aryl methyl sites for hydroxylation is 1. The van der Waals surface area contributed by atoms with Gasteiger partial charge in [-0.15, -0.1) is 12.4 Å². The van der Waals surface area contributed by atoms with Gasteiger partial charge in [-0.2, -0.15) is 0 Å². The predicted octanol–water partition coefficient (Wildman–Crippen LogP) is 4.39. The number of hydrogen-bond acceptors (Lipinski definition) is 5. The molecule has 0 amide bonds. The van der Waals surface area contributed by atoms with Gasteiger partial charge in [-0.05, 0) is 45.6 Å². The molecule has 2 aromatic carbocycles. The highest BCUT2D eigenvalue weighted by molar-refractivity contribution is 6.11. The number of nitrogens with zero attached hydrogens (tertiary/aromatic N) is 3. The van der Waals surface area contributed by atoms with Crippen LogP contribution in [0.5, 0.6) is 0 Å². The minimum Gasteiger partial charge on any atom is -0.384 e. The van der Waals surface area contributed by atoms with Gasteiger partial charge in [0.15, 0.2) is 0 Å². The van der Waals surface area contributed by atoms with Crippen molar-refractivity contribution in [3.63, 3.8) is 0 Å². The third-order valence-corrected chi connectivity index (χ3v) is 4.29. The fourth-order valence-electron chi connectivity index (χ4n) is 3.06. The smallest absolute Gasteiger partial charge is 0.280 e. The van der Waals surface area contributed by atoms with E-state index in [1.165, 1.54) is 0 Å². The Morgan fingerprint density at radius 3 is 2.62 bits per heavy atom. The first kappa shape index (κ1) is 19.9. The number of nitro benzene ring substituents is 1. The molecule has 0 spiro atoms. The Morgan fingerprint density at radius 2 is 1.92 bits per heavy atom. The van der Waals surface area contributed by atoms with Crippen molar-refractivity contribution in [2.45, 2.75) is 13.3 Å². The van der Waals surface area contributed by atoms with Gasteiger partial charge in [0, 0.05) is 18.0 Å². The van der Waals surface area contributed by atoms with Crippen LogP contribution in [0, 0.1) is 17.0 Å². The van der Waals surface area contributed by atoms with Crippen molar-refractivity contribution in [1.82, 2.24) is 9.88 Å². The summed E-state index contributed by atoms with van der Waals surface area (Å²) in [4.78, 5) is 18.1. The Kier molecular flexibility index (Phi) is 6.34. The number of nitrogens with one attached hydrogen (secondary N) is 1. The second-order valence-corrected chi connectivity index (χ2v) is 6.47. The molecule has 1 heterocycles. The molecule has 3 rings (SSSR count). The van der Waals surface area contributed by atoms with Gasteiger partial charge in [0.1, 0.15) is 5.39 Å². The molecule has 0 saturated heterocycles. The summed E-state index contributed by atoms with van der Waals surface area (Å²) in [6.45, 7) is 3.63. The molecule has 26 heavy (non-hydrogen) atoms. The van der Waals surface area contributed by atoms with Crippen LogP contribution < -0.4 is 5.32 Å². The van der Waals surface area contributed by atoms with E-state index in [9.17, 15) is 10.1 Å². The fourth-order valence-corrected chi connectivity index (χ4v) is 3.06. The molecule has 0 bridgehead atoms. The first-order valence-corrected chi connectivity index (χ1v) is 8.34. The first-order valence-electron chi connectivity index (χ1n) is 8.34. The van der Waals surface area contributed by atoms with Crippen LogP contribution in [0.2, 0.25) is 0 Å². The van der Waals surface area contributed by atoms with E-state index in [1.807, 2.05) is 45.3 Å². The van der Waals surface area contributed by atoms with Crippen molar-refractivity contribution < 1.29 is 4.92 Å². The molecule has 7 heteroatoms. The summed E-state index contributed by atoms with van der Waals surface area (Å²) < 4.78 is 0. The normalized spacial score (nSPS) is 10.9. The van der Waals surface area contributed by atoms with Crippen LogP contribution in [0.15, 0.2) is 36.4 Å². The van der Waals surface area contributed by atoms with Crippen LogP contribution in [0.3, 0.4) is 0 Å². The van der Waals surface area contributed by atoms with Crippen LogP contribution in [0.25, 0.3) is 21.8 Å². The maximum atomic E-state index is 11.6. The molecule has 1 N–H and O–H groups in total. The number of aromatic nitrogens is 1. The molecule has 0 atom stereocenters. The van der Waals surface area contributed by atoms with Crippen LogP contribution in [-0.2, 0) is 0 Å². The van der Waals surface area contributed by atoms with Crippen molar-refractivity contribution >= 4 is 45.6 Å². The standard InChI is InChI=1S/C19H22N4O2.ClH/c1-13-9-10-16(23(24)25)17-18(13)21-15-8-5-4-7-14(15)19(17)20-11-6-12-22(2)3;/h4-5,7-10H,6,11-12H2,1-3H3,(H,20,21);1H. The lowest BCUT2D eigenvalue weighted by Gasteiger charge is -2.15. The summed E-state index contributed by atoms with van der Waals surface area (Å²) in [5.74, 6) is 0. The van der Waals surface area contributed by atoms with Gasteiger partial charge in [-0.1, -0.05) is 24.3 Å². The number of benzene rings is 2. The lowest BCUT2D eigenvalue weighted by molar-refractivity contribution is -0.383. The van der Waals surface area contributed by atoms with Gasteiger partial charge < -0.3 is 10.2 Å². The summed E-state index contributed by atoms with van der Waals surface area (Å²) in [5, 5.41) is 16.5.